The van der Waals surface area contributed by atoms with E-state index in [4.69, 9.17) is 4.74 Å². The third-order valence-electron chi connectivity index (χ3n) is 4.39. The van der Waals surface area contributed by atoms with E-state index in [0.29, 0.717) is 12.8 Å². The number of alkyl halides is 3. The number of hydrogen-bond acceptors (Lipinski definition) is 3. The summed E-state index contributed by atoms with van der Waals surface area (Å²) in [6.07, 6.45) is -4.87. The average Bonchev–Trinajstić information content (AvgIpc) is 2.39. The summed E-state index contributed by atoms with van der Waals surface area (Å²) in [6, 6.07) is -0.895. The van der Waals surface area contributed by atoms with Crippen molar-refractivity contribution in [2.75, 3.05) is 0 Å². The zero-order valence-electron chi connectivity index (χ0n) is 13.2. The van der Waals surface area contributed by atoms with Crippen molar-refractivity contribution in [3.05, 3.63) is 0 Å². The highest BCUT2D eigenvalue weighted by Crippen LogP contribution is 2.42. The van der Waals surface area contributed by atoms with Crippen LogP contribution < -0.4 is 0 Å². The minimum absolute atomic E-state index is 0.0417. The van der Waals surface area contributed by atoms with Crippen molar-refractivity contribution in [2.45, 2.75) is 82.8 Å². The maximum absolute atomic E-state index is 13.1. The van der Waals surface area contributed by atoms with Crippen LogP contribution in [0.3, 0.4) is 0 Å². The maximum Gasteiger partial charge on any atom is 0.410 e. The molecule has 2 bridgehead atoms. The smallest absolute Gasteiger partial charge is 0.410 e. The zero-order valence-corrected chi connectivity index (χ0v) is 13.2. The van der Waals surface area contributed by atoms with E-state index in [0.717, 1.165) is 6.42 Å². The first kappa shape index (κ1) is 17.4. The van der Waals surface area contributed by atoms with Crippen LogP contribution in [0.15, 0.2) is 0 Å². The van der Waals surface area contributed by atoms with E-state index < -0.39 is 35.9 Å². The largest absolute Gasteiger partial charge is 0.444 e. The molecule has 2 saturated heterocycles. The molecule has 2 aliphatic heterocycles. The van der Waals surface area contributed by atoms with Gasteiger partial charge < -0.3 is 14.7 Å². The van der Waals surface area contributed by atoms with Gasteiger partial charge in [0.15, 0.2) is 0 Å². The second-order valence-corrected chi connectivity index (χ2v) is 7.31. The summed E-state index contributed by atoms with van der Waals surface area (Å²) in [4.78, 5) is 13.8. The van der Waals surface area contributed by atoms with Gasteiger partial charge in [-0.1, -0.05) is 0 Å². The van der Waals surface area contributed by atoms with E-state index in [1.165, 1.54) is 4.90 Å². The Hall–Kier alpha value is -0.980. The van der Waals surface area contributed by atoms with Gasteiger partial charge in [-0.3, -0.25) is 0 Å². The van der Waals surface area contributed by atoms with Crippen LogP contribution in [0.25, 0.3) is 0 Å². The lowest BCUT2D eigenvalue weighted by atomic mass is 9.92. The van der Waals surface area contributed by atoms with Crippen molar-refractivity contribution in [3.8, 4) is 0 Å². The number of rotatable bonds is 0. The van der Waals surface area contributed by atoms with Crippen molar-refractivity contribution in [1.82, 2.24) is 4.90 Å². The van der Waals surface area contributed by atoms with Gasteiger partial charge in [-0.25, -0.2) is 4.79 Å². The number of ether oxygens (including phenoxy) is 1. The van der Waals surface area contributed by atoms with Gasteiger partial charge >= 0.3 is 12.3 Å². The van der Waals surface area contributed by atoms with Gasteiger partial charge in [0.25, 0.3) is 0 Å². The molecule has 22 heavy (non-hydrogen) atoms. The van der Waals surface area contributed by atoms with Crippen LogP contribution >= 0.6 is 0 Å². The third kappa shape index (κ3) is 3.86. The highest BCUT2D eigenvalue weighted by molar-refractivity contribution is 5.69. The minimum Gasteiger partial charge on any atom is -0.444 e. The second-order valence-electron chi connectivity index (χ2n) is 7.31. The second kappa shape index (κ2) is 5.91. The number of fused-ring (bicyclic) bond motifs is 2. The van der Waals surface area contributed by atoms with Crippen LogP contribution in [0.1, 0.15) is 52.9 Å². The molecule has 1 amide bonds. The summed E-state index contributed by atoms with van der Waals surface area (Å²) in [5.74, 6) is -1.77. The van der Waals surface area contributed by atoms with Crippen molar-refractivity contribution >= 4 is 6.09 Å². The van der Waals surface area contributed by atoms with Gasteiger partial charge in [-0.15, -0.1) is 0 Å². The molecule has 0 saturated carbocycles. The van der Waals surface area contributed by atoms with E-state index in [9.17, 15) is 23.1 Å². The van der Waals surface area contributed by atoms with Crippen LogP contribution in [0.5, 0.6) is 0 Å². The van der Waals surface area contributed by atoms with E-state index in [2.05, 4.69) is 0 Å². The number of halogens is 3. The van der Waals surface area contributed by atoms with E-state index in [-0.39, 0.29) is 18.9 Å². The van der Waals surface area contributed by atoms with Crippen LogP contribution in [0.4, 0.5) is 18.0 Å². The van der Waals surface area contributed by atoms with E-state index in [1.807, 2.05) is 0 Å². The van der Waals surface area contributed by atoms with Gasteiger partial charge in [-0.05, 0) is 52.9 Å². The summed E-state index contributed by atoms with van der Waals surface area (Å²) >= 11 is 0. The Morgan fingerprint density at radius 3 is 2.18 bits per heavy atom. The zero-order chi connectivity index (χ0) is 16.7. The first-order valence-electron chi connectivity index (χ1n) is 7.75. The average molecular weight is 323 g/mol. The molecule has 2 rings (SSSR count). The fourth-order valence-electron chi connectivity index (χ4n) is 3.49. The quantitative estimate of drug-likeness (QED) is 0.742. The Morgan fingerprint density at radius 2 is 1.68 bits per heavy atom. The number of piperidine rings is 1. The first-order chi connectivity index (χ1) is 9.99. The molecule has 128 valence electrons. The predicted octanol–water partition coefficient (Wildman–Crippen LogP) is 3.48. The molecule has 0 aromatic carbocycles. The third-order valence-corrected chi connectivity index (χ3v) is 4.39. The van der Waals surface area contributed by atoms with Crippen LogP contribution in [-0.2, 0) is 4.74 Å². The van der Waals surface area contributed by atoms with Gasteiger partial charge in [0.1, 0.15) is 5.60 Å². The summed E-state index contributed by atoms with van der Waals surface area (Å²) in [5.41, 5.74) is -0.695. The van der Waals surface area contributed by atoms with Crippen LogP contribution in [0.2, 0.25) is 0 Å². The number of hydrogen-bond donors (Lipinski definition) is 1. The molecule has 1 N–H and O–H groups in total. The number of amides is 1. The van der Waals surface area contributed by atoms with Crippen molar-refractivity contribution < 1.29 is 27.8 Å². The molecule has 0 spiro atoms. The number of aliphatic hydroxyl groups is 1. The number of nitrogens with zero attached hydrogens (tertiary/aromatic N) is 1. The molecule has 2 aliphatic rings. The molecule has 0 aliphatic carbocycles. The molecule has 4 unspecified atom stereocenters. The van der Waals surface area contributed by atoms with Crippen LogP contribution in [0, 0.1) is 5.92 Å². The fourth-order valence-corrected chi connectivity index (χ4v) is 3.49. The Morgan fingerprint density at radius 1 is 1.14 bits per heavy atom. The molecule has 2 heterocycles. The molecular formula is C15H24F3NO3. The van der Waals surface area contributed by atoms with E-state index >= 15 is 0 Å². The fraction of sp³-hybridized carbons (Fsp3) is 0.933. The molecule has 0 radical (unpaired) electrons. The lowest BCUT2D eigenvalue weighted by Gasteiger charge is -2.41. The highest BCUT2D eigenvalue weighted by Gasteiger charge is 2.51. The molecule has 0 aromatic rings. The van der Waals surface area contributed by atoms with Gasteiger partial charge in [0.05, 0.1) is 12.0 Å². The van der Waals surface area contributed by atoms with Crippen LogP contribution in [-0.4, -0.2) is 46.1 Å². The van der Waals surface area contributed by atoms with Gasteiger partial charge in [-0.2, -0.15) is 13.2 Å². The Kier molecular flexibility index (Phi) is 4.66. The number of aliphatic hydroxyl groups excluding tert-OH is 1. The minimum atomic E-state index is -4.45. The Labute approximate surface area is 128 Å². The van der Waals surface area contributed by atoms with Gasteiger partial charge in [0, 0.05) is 12.1 Å². The monoisotopic (exact) mass is 323 g/mol. The van der Waals surface area contributed by atoms with Crippen molar-refractivity contribution in [2.24, 2.45) is 5.92 Å². The molecular weight excluding hydrogens is 299 g/mol. The first-order valence-corrected chi connectivity index (χ1v) is 7.75. The summed E-state index contributed by atoms with van der Waals surface area (Å²) in [6.45, 7) is 5.18. The number of carbonyl (C=O) groups is 1. The molecule has 4 atom stereocenters. The summed E-state index contributed by atoms with van der Waals surface area (Å²) < 4.78 is 44.8. The lowest BCUT2D eigenvalue weighted by Crippen LogP contribution is -2.51. The molecule has 4 nitrogen and oxygen atoms in total. The molecule has 2 fully saturated rings. The summed E-state index contributed by atoms with van der Waals surface area (Å²) in [5, 5.41) is 9.96. The maximum atomic E-state index is 13.1. The SMILES string of the molecule is CC(C)(C)OC(=O)N1C2CCCC1CC(C(F)(F)F)C(O)C2. The van der Waals surface area contributed by atoms with E-state index in [1.54, 1.807) is 20.8 Å². The standard InChI is InChI=1S/C15H24F3NO3/c1-14(2,3)22-13(21)19-9-5-4-6-10(19)8-12(20)11(7-9)15(16,17)18/h9-12,20H,4-8H2,1-3H3. The Bertz CT molecular complexity index is 419. The van der Waals surface area contributed by atoms with Crippen molar-refractivity contribution in [3.63, 3.8) is 0 Å². The summed E-state index contributed by atoms with van der Waals surface area (Å²) in [7, 11) is 0. The number of carbonyl (C=O) groups excluding carboxylic acids is 1. The molecule has 7 heteroatoms. The highest BCUT2D eigenvalue weighted by atomic mass is 19.4. The molecule has 0 aromatic heterocycles. The van der Waals surface area contributed by atoms with Crippen molar-refractivity contribution in [1.29, 1.82) is 0 Å². The normalized spacial score (nSPS) is 33.3. The predicted molar refractivity (Wildman–Crippen MR) is 74.3 cm³/mol. The Balaban J connectivity index is 2.23. The lowest BCUT2D eigenvalue weighted by molar-refractivity contribution is -0.202. The van der Waals surface area contributed by atoms with Gasteiger partial charge in [0.2, 0.25) is 0 Å². The topological polar surface area (TPSA) is 49.8 Å².